The van der Waals surface area contributed by atoms with E-state index in [0.29, 0.717) is 25.9 Å². The van der Waals surface area contributed by atoms with E-state index in [2.05, 4.69) is 24.4 Å². The van der Waals surface area contributed by atoms with Crippen molar-refractivity contribution in [1.82, 2.24) is 10.2 Å². The molecule has 1 aliphatic heterocycles. The van der Waals surface area contributed by atoms with Crippen molar-refractivity contribution >= 4 is 11.8 Å². The van der Waals surface area contributed by atoms with Gasteiger partial charge in [0.05, 0.1) is 0 Å². The van der Waals surface area contributed by atoms with Gasteiger partial charge in [0.25, 0.3) is 0 Å². The second kappa shape index (κ2) is 7.81. The summed E-state index contributed by atoms with van der Waals surface area (Å²) in [6, 6.07) is 8.14. The summed E-state index contributed by atoms with van der Waals surface area (Å²) in [4.78, 5) is 25.3. The molecule has 1 aromatic rings. The van der Waals surface area contributed by atoms with E-state index in [9.17, 15) is 9.59 Å². The van der Waals surface area contributed by atoms with Crippen LogP contribution in [0.3, 0.4) is 0 Å². The van der Waals surface area contributed by atoms with Crippen LogP contribution < -0.4 is 5.32 Å². The summed E-state index contributed by atoms with van der Waals surface area (Å²) in [6.45, 7) is 4.08. The molecule has 0 saturated carbocycles. The second-order valence-corrected chi connectivity index (χ2v) is 5.61. The van der Waals surface area contributed by atoms with Gasteiger partial charge in [-0.05, 0) is 37.3 Å². The minimum absolute atomic E-state index is 0.0581. The van der Waals surface area contributed by atoms with Crippen molar-refractivity contribution in [2.24, 2.45) is 0 Å². The first-order valence-corrected chi connectivity index (χ1v) is 7.76. The van der Waals surface area contributed by atoms with Gasteiger partial charge in [-0.1, -0.05) is 24.3 Å². The van der Waals surface area contributed by atoms with Crippen molar-refractivity contribution in [3.05, 3.63) is 35.4 Å². The number of aryl methyl sites for hydroxylation is 2. The number of nitrogens with zero attached hydrogens (tertiary/aromatic N) is 1. The van der Waals surface area contributed by atoms with Gasteiger partial charge in [0.15, 0.2) is 0 Å². The SMILES string of the molecule is Cc1ccccc1CCC(=O)NCCN1CCCCC1=O. The van der Waals surface area contributed by atoms with Crippen LogP contribution in [0.2, 0.25) is 0 Å². The lowest BCUT2D eigenvalue weighted by Gasteiger charge is -2.26. The van der Waals surface area contributed by atoms with E-state index in [1.165, 1.54) is 11.1 Å². The minimum Gasteiger partial charge on any atom is -0.354 e. The summed E-state index contributed by atoms with van der Waals surface area (Å²) in [7, 11) is 0. The van der Waals surface area contributed by atoms with Crippen molar-refractivity contribution in [2.45, 2.75) is 39.0 Å². The van der Waals surface area contributed by atoms with E-state index in [-0.39, 0.29) is 11.8 Å². The number of likely N-dealkylation sites (tertiary alicyclic amines) is 1. The molecule has 4 heteroatoms. The molecule has 114 valence electrons. The Labute approximate surface area is 126 Å². The van der Waals surface area contributed by atoms with Crippen LogP contribution in [0.1, 0.15) is 36.8 Å². The van der Waals surface area contributed by atoms with Gasteiger partial charge in [-0.2, -0.15) is 0 Å². The Morgan fingerprint density at radius 3 is 2.86 bits per heavy atom. The lowest BCUT2D eigenvalue weighted by molar-refractivity contribution is -0.133. The topological polar surface area (TPSA) is 49.4 Å². The van der Waals surface area contributed by atoms with Crippen molar-refractivity contribution in [3.8, 4) is 0 Å². The summed E-state index contributed by atoms with van der Waals surface area (Å²) < 4.78 is 0. The van der Waals surface area contributed by atoms with Gasteiger partial charge in [-0.3, -0.25) is 9.59 Å². The molecule has 0 unspecified atom stereocenters. The first-order chi connectivity index (χ1) is 10.2. The van der Waals surface area contributed by atoms with Crippen LogP contribution in [0.5, 0.6) is 0 Å². The zero-order valence-electron chi connectivity index (χ0n) is 12.7. The van der Waals surface area contributed by atoms with Gasteiger partial charge in [0.2, 0.25) is 11.8 Å². The fourth-order valence-corrected chi connectivity index (χ4v) is 2.66. The lowest BCUT2D eigenvalue weighted by atomic mass is 10.0. The number of nitrogens with one attached hydrogen (secondary N) is 1. The number of benzene rings is 1. The largest absolute Gasteiger partial charge is 0.354 e. The Balaban J connectivity index is 1.66. The van der Waals surface area contributed by atoms with Crippen molar-refractivity contribution in [3.63, 3.8) is 0 Å². The highest BCUT2D eigenvalue weighted by atomic mass is 16.2. The zero-order chi connectivity index (χ0) is 15.1. The Hall–Kier alpha value is -1.84. The average molecular weight is 288 g/mol. The molecule has 0 atom stereocenters. The van der Waals surface area contributed by atoms with Gasteiger partial charge in [-0.25, -0.2) is 0 Å². The predicted octanol–water partition coefficient (Wildman–Crippen LogP) is 2.06. The monoisotopic (exact) mass is 288 g/mol. The molecule has 1 aromatic carbocycles. The highest BCUT2D eigenvalue weighted by Crippen LogP contribution is 2.10. The highest BCUT2D eigenvalue weighted by Gasteiger charge is 2.17. The summed E-state index contributed by atoms with van der Waals surface area (Å²) in [5.74, 6) is 0.276. The van der Waals surface area contributed by atoms with E-state index in [1.54, 1.807) is 0 Å². The molecule has 1 fully saturated rings. The van der Waals surface area contributed by atoms with E-state index in [1.807, 2.05) is 17.0 Å². The molecule has 0 spiro atoms. The molecule has 4 nitrogen and oxygen atoms in total. The van der Waals surface area contributed by atoms with Crippen molar-refractivity contribution < 1.29 is 9.59 Å². The Bertz CT molecular complexity index is 499. The van der Waals surface area contributed by atoms with Gasteiger partial charge < -0.3 is 10.2 Å². The Morgan fingerprint density at radius 1 is 1.29 bits per heavy atom. The summed E-state index contributed by atoms with van der Waals surface area (Å²) in [6.07, 6.45) is 3.99. The molecule has 0 aliphatic carbocycles. The highest BCUT2D eigenvalue weighted by molar-refractivity contribution is 5.77. The number of amides is 2. The lowest BCUT2D eigenvalue weighted by Crippen LogP contribution is -2.41. The molecule has 0 bridgehead atoms. The van der Waals surface area contributed by atoms with Crippen LogP contribution in [-0.2, 0) is 16.0 Å². The first-order valence-electron chi connectivity index (χ1n) is 7.76. The second-order valence-electron chi connectivity index (χ2n) is 5.61. The van der Waals surface area contributed by atoms with E-state index < -0.39 is 0 Å². The van der Waals surface area contributed by atoms with Crippen LogP contribution in [0.15, 0.2) is 24.3 Å². The third-order valence-corrected chi connectivity index (χ3v) is 4.01. The molecular weight excluding hydrogens is 264 g/mol. The molecule has 21 heavy (non-hydrogen) atoms. The normalized spacial score (nSPS) is 15.1. The van der Waals surface area contributed by atoms with Crippen LogP contribution >= 0.6 is 0 Å². The molecule has 2 amide bonds. The van der Waals surface area contributed by atoms with Crippen molar-refractivity contribution in [2.75, 3.05) is 19.6 Å². The average Bonchev–Trinajstić information content (AvgIpc) is 2.48. The van der Waals surface area contributed by atoms with Crippen molar-refractivity contribution in [1.29, 1.82) is 0 Å². The first kappa shape index (κ1) is 15.5. The fraction of sp³-hybridized carbons (Fsp3) is 0.529. The fourth-order valence-electron chi connectivity index (χ4n) is 2.66. The molecule has 0 radical (unpaired) electrons. The van der Waals surface area contributed by atoms with E-state index >= 15 is 0 Å². The number of piperidine rings is 1. The van der Waals surface area contributed by atoms with Crippen LogP contribution in [0.25, 0.3) is 0 Å². The van der Waals surface area contributed by atoms with Gasteiger partial charge in [-0.15, -0.1) is 0 Å². The summed E-state index contributed by atoms with van der Waals surface area (Å²) in [5.41, 5.74) is 2.45. The number of hydrogen-bond acceptors (Lipinski definition) is 2. The van der Waals surface area contributed by atoms with Crippen LogP contribution in [0.4, 0.5) is 0 Å². The third-order valence-electron chi connectivity index (χ3n) is 4.01. The molecule has 2 rings (SSSR count). The molecule has 1 saturated heterocycles. The van der Waals surface area contributed by atoms with Crippen LogP contribution in [0, 0.1) is 6.92 Å². The van der Waals surface area contributed by atoms with Gasteiger partial charge >= 0.3 is 0 Å². The Morgan fingerprint density at radius 2 is 2.10 bits per heavy atom. The number of hydrogen-bond donors (Lipinski definition) is 1. The molecule has 0 aromatic heterocycles. The summed E-state index contributed by atoms with van der Waals surface area (Å²) >= 11 is 0. The quantitative estimate of drug-likeness (QED) is 0.871. The molecular formula is C17H24N2O2. The zero-order valence-corrected chi connectivity index (χ0v) is 12.7. The minimum atomic E-state index is 0.0581. The van der Waals surface area contributed by atoms with Gasteiger partial charge in [0.1, 0.15) is 0 Å². The number of carbonyl (C=O) groups is 2. The van der Waals surface area contributed by atoms with E-state index in [0.717, 1.165) is 25.8 Å². The summed E-state index contributed by atoms with van der Waals surface area (Å²) in [5, 5.41) is 2.91. The molecule has 1 N–H and O–H groups in total. The third kappa shape index (κ3) is 4.88. The number of rotatable bonds is 6. The van der Waals surface area contributed by atoms with Gasteiger partial charge in [0, 0.05) is 32.5 Å². The maximum Gasteiger partial charge on any atom is 0.222 e. The predicted molar refractivity (Wildman–Crippen MR) is 82.9 cm³/mol. The number of carbonyl (C=O) groups excluding carboxylic acids is 2. The Kier molecular flexibility index (Phi) is 5.78. The van der Waals surface area contributed by atoms with E-state index in [4.69, 9.17) is 0 Å². The van der Waals surface area contributed by atoms with Crippen LogP contribution in [-0.4, -0.2) is 36.3 Å². The smallest absolute Gasteiger partial charge is 0.222 e. The molecule has 1 heterocycles. The standard InChI is InChI=1S/C17H24N2O2/c1-14-6-2-3-7-15(14)9-10-16(20)18-11-13-19-12-5-4-8-17(19)21/h2-3,6-7H,4-5,8-13H2,1H3,(H,18,20). The maximum atomic E-state index is 11.8. The maximum absolute atomic E-state index is 11.8. The molecule has 1 aliphatic rings.